The second kappa shape index (κ2) is 3.82. The van der Waals surface area contributed by atoms with Crippen LogP contribution in [0.3, 0.4) is 0 Å². The Morgan fingerprint density at radius 3 is 3.00 bits per heavy atom. The fourth-order valence-corrected chi connectivity index (χ4v) is 0.848. The molecule has 1 heterocycles. The van der Waals surface area contributed by atoms with E-state index in [1.807, 2.05) is 0 Å². The van der Waals surface area contributed by atoms with Crippen molar-refractivity contribution in [3.05, 3.63) is 29.6 Å². The van der Waals surface area contributed by atoms with Crippen molar-refractivity contribution < 1.29 is 4.79 Å². The summed E-state index contributed by atoms with van der Waals surface area (Å²) in [6.07, 6.45) is 0. The molecule has 1 amide bonds. The van der Waals surface area contributed by atoms with Gasteiger partial charge in [0.25, 0.3) is 5.91 Å². The van der Waals surface area contributed by atoms with E-state index in [1.165, 1.54) is 0 Å². The SMILES string of the molecule is CNC(=O)c1cccc(CN)n1. The van der Waals surface area contributed by atoms with Gasteiger partial charge in [0.15, 0.2) is 0 Å². The number of nitrogens with one attached hydrogen (secondary N) is 1. The molecular weight excluding hydrogens is 154 g/mol. The minimum atomic E-state index is -0.190. The Labute approximate surface area is 70.8 Å². The number of pyridine rings is 1. The van der Waals surface area contributed by atoms with Gasteiger partial charge in [-0.15, -0.1) is 0 Å². The van der Waals surface area contributed by atoms with Crippen LogP contribution >= 0.6 is 0 Å². The summed E-state index contributed by atoms with van der Waals surface area (Å²) in [5, 5.41) is 2.49. The van der Waals surface area contributed by atoms with Crippen molar-refractivity contribution in [2.45, 2.75) is 6.54 Å². The molecule has 0 aliphatic carbocycles. The van der Waals surface area contributed by atoms with Crippen molar-refractivity contribution in [2.75, 3.05) is 7.05 Å². The molecule has 1 aromatic rings. The summed E-state index contributed by atoms with van der Waals surface area (Å²) < 4.78 is 0. The van der Waals surface area contributed by atoms with Gasteiger partial charge >= 0.3 is 0 Å². The zero-order valence-corrected chi connectivity index (χ0v) is 6.87. The van der Waals surface area contributed by atoms with Crippen molar-refractivity contribution in [2.24, 2.45) is 5.73 Å². The van der Waals surface area contributed by atoms with E-state index < -0.39 is 0 Å². The van der Waals surface area contributed by atoms with Crippen molar-refractivity contribution in [1.82, 2.24) is 10.3 Å². The number of amides is 1. The standard InChI is InChI=1S/C8H11N3O/c1-10-8(12)7-4-2-3-6(5-9)11-7/h2-4H,5,9H2,1H3,(H,10,12). The van der Waals surface area contributed by atoms with Crippen molar-refractivity contribution >= 4 is 5.91 Å². The quantitative estimate of drug-likeness (QED) is 0.643. The molecule has 0 fully saturated rings. The highest BCUT2D eigenvalue weighted by Crippen LogP contribution is 1.97. The molecule has 1 rings (SSSR count). The van der Waals surface area contributed by atoms with Crippen molar-refractivity contribution in [1.29, 1.82) is 0 Å². The van der Waals surface area contributed by atoms with E-state index in [0.29, 0.717) is 12.2 Å². The van der Waals surface area contributed by atoms with Crippen LogP contribution in [0.5, 0.6) is 0 Å². The number of hydrogen-bond acceptors (Lipinski definition) is 3. The lowest BCUT2D eigenvalue weighted by atomic mass is 10.3. The first-order valence-corrected chi connectivity index (χ1v) is 3.66. The maximum Gasteiger partial charge on any atom is 0.269 e. The number of carbonyl (C=O) groups excluding carboxylic acids is 1. The van der Waals surface area contributed by atoms with Gasteiger partial charge in [-0.2, -0.15) is 0 Å². The number of nitrogens with two attached hydrogens (primary N) is 1. The first-order valence-electron chi connectivity index (χ1n) is 3.66. The number of rotatable bonds is 2. The van der Waals surface area contributed by atoms with Crippen LogP contribution in [-0.4, -0.2) is 17.9 Å². The Balaban J connectivity index is 2.93. The molecule has 3 N–H and O–H groups in total. The van der Waals surface area contributed by atoms with Gasteiger partial charge in [0.2, 0.25) is 0 Å². The van der Waals surface area contributed by atoms with Gasteiger partial charge in [0.05, 0.1) is 5.69 Å². The predicted octanol–water partition coefficient (Wildman–Crippen LogP) is -0.100. The monoisotopic (exact) mass is 165 g/mol. The summed E-state index contributed by atoms with van der Waals surface area (Å²) in [6.45, 7) is 0.352. The molecular formula is C8H11N3O. The van der Waals surface area contributed by atoms with E-state index in [2.05, 4.69) is 10.3 Å². The van der Waals surface area contributed by atoms with E-state index >= 15 is 0 Å². The molecule has 0 aromatic carbocycles. The smallest absolute Gasteiger partial charge is 0.269 e. The highest BCUT2D eigenvalue weighted by Gasteiger charge is 2.03. The summed E-state index contributed by atoms with van der Waals surface area (Å²) in [5.41, 5.74) is 6.49. The summed E-state index contributed by atoms with van der Waals surface area (Å²) >= 11 is 0. The maximum absolute atomic E-state index is 11.1. The van der Waals surface area contributed by atoms with E-state index in [9.17, 15) is 4.79 Å². The van der Waals surface area contributed by atoms with Gasteiger partial charge in [-0.25, -0.2) is 4.98 Å². The zero-order chi connectivity index (χ0) is 8.97. The molecule has 12 heavy (non-hydrogen) atoms. The molecule has 0 bridgehead atoms. The molecule has 4 heteroatoms. The summed E-state index contributed by atoms with van der Waals surface area (Å²) in [7, 11) is 1.57. The van der Waals surface area contributed by atoms with Crippen molar-refractivity contribution in [3.63, 3.8) is 0 Å². The second-order valence-electron chi connectivity index (χ2n) is 2.30. The fourth-order valence-electron chi connectivity index (χ4n) is 0.848. The Hall–Kier alpha value is -1.42. The second-order valence-corrected chi connectivity index (χ2v) is 2.30. The minimum Gasteiger partial charge on any atom is -0.354 e. The molecule has 0 saturated heterocycles. The highest BCUT2D eigenvalue weighted by molar-refractivity contribution is 5.91. The van der Waals surface area contributed by atoms with Gasteiger partial charge in [-0.1, -0.05) is 6.07 Å². The van der Waals surface area contributed by atoms with Gasteiger partial charge in [-0.3, -0.25) is 4.79 Å². The first kappa shape index (κ1) is 8.67. The van der Waals surface area contributed by atoms with Crippen LogP contribution in [0.25, 0.3) is 0 Å². The normalized spacial score (nSPS) is 9.50. The molecule has 1 aromatic heterocycles. The largest absolute Gasteiger partial charge is 0.354 e. The average molecular weight is 165 g/mol. The molecule has 0 unspecified atom stereocenters. The number of nitrogens with zero attached hydrogens (tertiary/aromatic N) is 1. The molecule has 0 saturated carbocycles. The first-order chi connectivity index (χ1) is 5.77. The van der Waals surface area contributed by atoms with Crippen LogP contribution in [0.4, 0.5) is 0 Å². The molecule has 0 atom stereocenters. The fraction of sp³-hybridized carbons (Fsp3) is 0.250. The lowest BCUT2D eigenvalue weighted by molar-refractivity contribution is 0.0958. The zero-order valence-electron chi connectivity index (χ0n) is 6.87. The Bertz CT molecular complexity index is 285. The Morgan fingerprint density at radius 2 is 2.42 bits per heavy atom. The number of hydrogen-bond donors (Lipinski definition) is 2. The van der Waals surface area contributed by atoms with E-state index in [0.717, 1.165) is 5.69 Å². The van der Waals surface area contributed by atoms with Gasteiger partial charge in [-0.05, 0) is 12.1 Å². The van der Waals surface area contributed by atoms with Gasteiger partial charge in [0, 0.05) is 13.6 Å². The Kier molecular flexibility index (Phi) is 2.76. The van der Waals surface area contributed by atoms with Gasteiger partial charge < -0.3 is 11.1 Å². The van der Waals surface area contributed by atoms with Crippen LogP contribution in [0, 0.1) is 0 Å². The third kappa shape index (κ3) is 1.79. The number of carbonyl (C=O) groups is 1. The Morgan fingerprint density at radius 1 is 1.67 bits per heavy atom. The molecule has 0 aliphatic rings. The van der Waals surface area contributed by atoms with Crippen molar-refractivity contribution in [3.8, 4) is 0 Å². The third-order valence-electron chi connectivity index (χ3n) is 1.48. The predicted molar refractivity (Wildman–Crippen MR) is 45.5 cm³/mol. The molecule has 64 valence electrons. The van der Waals surface area contributed by atoms with E-state index in [1.54, 1.807) is 25.2 Å². The highest BCUT2D eigenvalue weighted by atomic mass is 16.1. The lowest BCUT2D eigenvalue weighted by Gasteiger charge is -2.00. The van der Waals surface area contributed by atoms with Crippen LogP contribution in [0.2, 0.25) is 0 Å². The summed E-state index contributed by atoms with van der Waals surface area (Å²) in [5.74, 6) is -0.190. The molecule has 0 radical (unpaired) electrons. The summed E-state index contributed by atoms with van der Waals surface area (Å²) in [6, 6.07) is 5.20. The number of aromatic nitrogens is 1. The third-order valence-corrected chi connectivity index (χ3v) is 1.48. The van der Waals surface area contributed by atoms with E-state index in [4.69, 9.17) is 5.73 Å². The van der Waals surface area contributed by atoms with Crippen LogP contribution in [0.15, 0.2) is 18.2 Å². The van der Waals surface area contributed by atoms with Crippen LogP contribution in [0.1, 0.15) is 16.2 Å². The maximum atomic E-state index is 11.1. The summed E-state index contributed by atoms with van der Waals surface area (Å²) in [4.78, 5) is 15.1. The minimum absolute atomic E-state index is 0.190. The topological polar surface area (TPSA) is 68.0 Å². The van der Waals surface area contributed by atoms with Crippen LogP contribution < -0.4 is 11.1 Å². The molecule has 0 aliphatic heterocycles. The molecule has 0 spiro atoms. The van der Waals surface area contributed by atoms with E-state index in [-0.39, 0.29) is 5.91 Å². The van der Waals surface area contributed by atoms with Crippen LogP contribution in [-0.2, 0) is 6.54 Å². The molecule has 4 nitrogen and oxygen atoms in total. The lowest BCUT2D eigenvalue weighted by Crippen LogP contribution is -2.19. The van der Waals surface area contributed by atoms with Gasteiger partial charge in [0.1, 0.15) is 5.69 Å². The average Bonchev–Trinajstić information content (AvgIpc) is 2.17.